The smallest absolute Gasteiger partial charge is 0.308 e. The monoisotopic (exact) mass is 342 g/mol. The molecule has 2 fully saturated rings. The molecule has 0 spiro atoms. The van der Waals surface area contributed by atoms with Crippen molar-refractivity contribution in [1.29, 1.82) is 0 Å². The minimum Gasteiger partial charge on any atom is -0.469 e. The predicted molar refractivity (Wildman–Crippen MR) is 97.6 cm³/mol. The quantitative estimate of drug-likeness (QED) is 0.677. The molecule has 0 aromatic rings. The van der Waals surface area contributed by atoms with E-state index in [0.29, 0.717) is 0 Å². The summed E-state index contributed by atoms with van der Waals surface area (Å²) < 4.78 is 9.67. The first-order chi connectivity index (χ1) is 11.7. The predicted octanol–water partition coefficient (Wildman–Crippen LogP) is 5.00. The maximum absolute atomic E-state index is 11.5. The Morgan fingerprint density at radius 2 is 0.833 bits per heavy atom. The fourth-order valence-corrected chi connectivity index (χ4v) is 3.99. The van der Waals surface area contributed by atoms with Gasteiger partial charge in [-0.05, 0) is 63.2 Å². The van der Waals surface area contributed by atoms with E-state index in [1.807, 2.05) is 27.7 Å². The van der Waals surface area contributed by atoms with Gasteiger partial charge in [-0.25, -0.2) is 0 Å². The summed E-state index contributed by atoms with van der Waals surface area (Å²) in [5.41, 5.74) is 0. The maximum Gasteiger partial charge on any atom is 0.308 e. The van der Waals surface area contributed by atoms with Gasteiger partial charge >= 0.3 is 11.9 Å². The molecule has 0 aromatic carbocycles. The van der Waals surface area contributed by atoms with Crippen molar-refractivity contribution < 1.29 is 19.1 Å². The molecule has 2 rings (SSSR count). The largest absolute Gasteiger partial charge is 0.469 e. The van der Waals surface area contributed by atoms with E-state index < -0.39 is 0 Å². The van der Waals surface area contributed by atoms with E-state index in [9.17, 15) is 9.59 Å². The van der Waals surface area contributed by atoms with E-state index in [1.165, 1.54) is 14.2 Å². The van der Waals surface area contributed by atoms with Crippen LogP contribution < -0.4 is 0 Å². The van der Waals surface area contributed by atoms with Crippen molar-refractivity contribution in [2.45, 2.75) is 79.1 Å². The molecular weight excluding hydrogens is 304 g/mol. The summed E-state index contributed by atoms with van der Waals surface area (Å²) >= 11 is 0. The molecule has 2 aliphatic carbocycles. The van der Waals surface area contributed by atoms with Crippen LogP contribution in [0.5, 0.6) is 0 Å². The lowest BCUT2D eigenvalue weighted by molar-refractivity contribution is -0.148. The molecule has 0 aliphatic heterocycles. The normalized spacial score (nSPS) is 29.1. The number of carbonyl (C=O) groups is 2. The van der Waals surface area contributed by atoms with Gasteiger partial charge in [0.15, 0.2) is 0 Å². The average molecular weight is 343 g/mol. The van der Waals surface area contributed by atoms with Crippen molar-refractivity contribution in [3.8, 4) is 0 Å². The molecule has 0 saturated heterocycles. The summed E-state index contributed by atoms with van der Waals surface area (Å²) in [5, 5.41) is 0. The highest BCUT2D eigenvalue weighted by Crippen LogP contribution is 2.41. The number of rotatable bonds is 3. The zero-order valence-corrected chi connectivity index (χ0v) is 16.6. The molecule has 0 atom stereocenters. The molecule has 2 saturated carbocycles. The summed E-state index contributed by atoms with van der Waals surface area (Å²) in [6.07, 6.45) is 8.40. The van der Waals surface area contributed by atoms with Gasteiger partial charge in [-0.2, -0.15) is 0 Å². The number of esters is 2. The summed E-state index contributed by atoms with van der Waals surface area (Å²) in [4.78, 5) is 23.1. The van der Waals surface area contributed by atoms with E-state index in [1.54, 1.807) is 0 Å². The van der Waals surface area contributed by atoms with Gasteiger partial charge in [0.05, 0.1) is 26.1 Å². The molecule has 0 heterocycles. The van der Waals surface area contributed by atoms with Crippen LogP contribution in [0.2, 0.25) is 0 Å². The first kappa shape index (κ1) is 22.9. The van der Waals surface area contributed by atoms with Crippen molar-refractivity contribution in [2.24, 2.45) is 23.7 Å². The molecule has 0 radical (unpaired) electrons. The molecule has 0 bridgehead atoms. The number of carbonyl (C=O) groups excluding carboxylic acids is 2. The van der Waals surface area contributed by atoms with E-state index >= 15 is 0 Å². The molecule has 2 aliphatic rings. The molecular formula is C20H38O4. The highest BCUT2D eigenvalue weighted by atomic mass is 16.5. The van der Waals surface area contributed by atoms with Crippen LogP contribution in [-0.4, -0.2) is 26.2 Å². The van der Waals surface area contributed by atoms with Crippen LogP contribution in [0.25, 0.3) is 0 Å². The van der Waals surface area contributed by atoms with Crippen molar-refractivity contribution in [3.05, 3.63) is 0 Å². The van der Waals surface area contributed by atoms with Crippen LogP contribution in [0.3, 0.4) is 0 Å². The van der Waals surface area contributed by atoms with E-state index in [4.69, 9.17) is 9.47 Å². The summed E-state index contributed by atoms with van der Waals surface area (Å²) in [6.45, 7) is 8.00. The summed E-state index contributed by atoms with van der Waals surface area (Å²) in [5.74, 6) is 1.60. The van der Waals surface area contributed by atoms with Gasteiger partial charge in [0.25, 0.3) is 0 Å². The van der Waals surface area contributed by atoms with Gasteiger partial charge in [0.1, 0.15) is 0 Å². The highest BCUT2D eigenvalue weighted by molar-refractivity contribution is 5.72. The third-order valence-corrected chi connectivity index (χ3v) is 5.28. The molecule has 4 nitrogen and oxygen atoms in total. The Labute approximate surface area is 148 Å². The summed E-state index contributed by atoms with van der Waals surface area (Å²) in [6, 6.07) is 0. The van der Waals surface area contributed by atoms with Crippen molar-refractivity contribution in [2.75, 3.05) is 14.2 Å². The Balaban J connectivity index is 0.00000123. The van der Waals surface area contributed by atoms with Gasteiger partial charge in [-0.3, -0.25) is 9.59 Å². The van der Waals surface area contributed by atoms with Crippen LogP contribution in [0, 0.1) is 23.7 Å². The third-order valence-electron chi connectivity index (χ3n) is 5.28. The second-order valence-electron chi connectivity index (χ2n) is 6.27. The van der Waals surface area contributed by atoms with Crippen LogP contribution in [0.15, 0.2) is 0 Å². The molecule has 0 N–H and O–H groups in total. The molecule has 4 heteroatoms. The topological polar surface area (TPSA) is 52.6 Å². The van der Waals surface area contributed by atoms with Gasteiger partial charge in [-0.1, -0.05) is 27.7 Å². The van der Waals surface area contributed by atoms with E-state index in [2.05, 4.69) is 0 Å². The third kappa shape index (κ3) is 6.82. The molecule has 0 unspecified atom stereocenters. The van der Waals surface area contributed by atoms with Gasteiger partial charge in [0.2, 0.25) is 0 Å². The summed E-state index contributed by atoms with van der Waals surface area (Å²) in [7, 11) is 2.95. The van der Waals surface area contributed by atoms with Crippen molar-refractivity contribution in [1.82, 2.24) is 0 Å². The molecule has 142 valence electrons. The number of hydrogen-bond donors (Lipinski definition) is 0. The van der Waals surface area contributed by atoms with Crippen molar-refractivity contribution in [3.63, 3.8) is 0 Å². The van der Waals surface area contributed by atoms with Crippen LogP contribution >= 0.6 is 0 Å². The van der Waals surface area contributed by atoms with Crippen molar-refractivity contribution >= 4 is 11.9 Å². The first-order valence-electron chi connectivity index (χ1n) is 9.81. The average Bonchev–Trinajstić information content (AvgIpc) is 2.70. The first-order valence-corrected chi connectivity index (χ1v) is 9.81. The Bertz CT molecular complexity index is 304. The van der Waals surface area contributed by atoms with E-state index in [0.717, 1.165) is 63.2 Å². The standard InChI is InChI=1S/C16H26O4.2C2H6/c1-19-15(17)13-7-3-11(4-8-13)12-5-9-14(10-6-12)16(18)20-2;2*1-2/h11-14H,3-10H2,1-2H3;2*1-2H3. The lowest BCUT2D eigenvalue weighted by atomic mass is 9.69. The van der Waals surface area contributed by atoms with Crippen LogP contribution in [-0.2, 0) is 19.1 Å². The number of ether oxygens (including phenoxy) is 2. The minimum atomic E-state index is -0.0437. The molecule has 0 amide bonds. The van der Waals surface area contributed by atoms with Crippen LogP contribution in [0.4, 0.5) is 0 Å². The lowest BCUT2D eigenvalue weighted by Gasteiger charge is -2.36. The Hall–Kier alpha value is -1.06. The fourth-order valence-electron chi connectivity index (χ4n) is 3.99. The Morgan fingerprint density at radius 1 is 0.583 bits per heavy atom. The maximum atomic E-state index is 11.5. The highest BCUT2D eigenvalue weighted by Gasteiger charge is 2.34. The number of methoxy groups -OCH3 is 2. The molecule has 24 heavy (non-hydrogen) atoms. The Morgan fingerprint density at radius 3 is 1.04 bits per heavy atom. The zero-order valence-electron chi connectivity index (χ0n) is 16.6. The van der Waals surface area contributed by atoms with E-state index in [-0.39, 0.29) is 23.8 Å². The SMILES string of the molecule is CC.CC.COC(=O)C1CCC(C2CCC(C(=O)OC)CC2)CC1. The lowest BCUT2D eigenvalue weighted by Crippen LogP contribution is -2.30. The molecule has 0 aromatic heterocycles. The minimum absolute atomic E-state index is 0.0437. The second kappa shape index (κ2) is 13.3. The van der Waals surface area contributed by atoms with Gasteiger partial charge in [-0.15, -0.1) is 0 Å². The fraction of sp³-hybridized carbons (Fsp3) is 0.900. The zero-order chi connectivity index (χ0) is 18.5. The Kier molecular flexibility index (Phi) is 12.7. The second-order valence-corrected chi connectivity index (χ2v) is 6.27. The van der Waals surface area contributed by atoms with Gasteiger partial charge < -0.3 is 9.47 Å². The number of hydrogen-bond acceptors (Lipinski definition) is 4. The van der Waals surface area contributed by atoms with Gasteiger partial charge in [0, 0.05) is 0 Å². The van der Waals surface area contributed by atoms with Crippen LogP contribution in [0.1, 0.15) is 79.1 Å².